The standard InChI is InChI=1S/C26H29N.C2H6/c1-5-21-9-8-11-23(16-21)26-17-22-10-6-7-12-24(22)20(4)27(26)25-15-18(2)13-14-19(25)3;1-2/h6-8,10-15,17,21,23H,4-5,9,16H2,1-3H3;1-2H3. The molecule has 0 N–H and O–H groups in total. The van der Waals surface area contributed by atoms with Crippen LogP contribution in [0.25, 0.3) is 11.8 Å². The minimum Gasteiger partial charge on any atom is -0.313 e. The molecule has 0 aromatic heterocycles. The van der Waals surface area contributed by atoms with Crippen LogP contribution in [0.2, 0.25) is 0 Å². The Balaban J connectivity index is 0.00000117. The van der Waals surface area contributed by atoms with Crippen LogP contribution in [-0.2, 0) is 0 Å². The molecule has 0 fully saturated rings. The van der Waals surface area contributed by atoms with Gasteiger partial charge in [0.1, 0.15) is 0 Å². The summed E-state index contributed by atoms with van der Waals surface area (Å²) < 4.78 is 0. The van der Waals surface area contributed by atoms with E-state index < -0.39 is 0 Å². The first-order chi connectivity index (χ1) is 14.1. The molecular weight excluding hydrogens is 350 g/mol. The Morgan fingerprint density at radius 3 is 2.59 bits per heavy atom. The fourth-order valence-electron chi connectivity index (χ4n) is 4.43. The lowest BCUT2D eigenvalue weighted by Crippen LogP contribution is -2.30. The van der Waals surface area contributed by atoms with Gasteiger partial charge in [0, 0.05) is 28.6 Å². The zero-order valence-electron chi connectivity index (χ0n) is 18.7. The van der Waals surface area contributed by atoms with E-state index in [1.54, 1.807) is 0 Å². The van der Waals surface area contributed by atoms with Gasteiger partial charge in [-0.25, -0.2) is 0 Å². The molecule has 0 amide bonds. The van der Waals surface area contributed by atoms with Crippen molar-refractivity contribution >= 4 is 17.5 Å². The van der Waals surface area contributed by atoms with E-state index in [1.165, 1.54) is 52.9 Å². The molecule has 0 radical (unpaired) electrons. The zero-order valence-corrected chi connectivity index (χ0v) is 18.7. The van der Waals surface area contributed by atoms with Gasteiger partial charge in [0.25, 0.3) is 0 Å². The second-order valence-corrected chi connectivity index (χ2v) is 8.01. The highest BCUT2D eigenvalue weighted by atomic mass is 15.2. The van der Waals surface area contributed by atoms with Gasteiger partial charge in [-0.2, -0.15) is 0 Å². The van der Waals surface area contributed by atoms with Crippen molar-refractivity contribution in [2.45, 2.75) is 53.9 Å². The van der Waals surface area contributed by atoms with E-state index in [1.807, 2.05) is 13.8 Å². The van der Waals surface area contributed by atoms with Crippen LogP contribution in [0.1, 0.15) is 62.3 Å². The molecule has 1 heteroatoms. The zero-order chi connectivity index (χ0) is 21.0. The van der Waals surface area contributed by atoms with E-state index in [4.69, 9.17) is 0 Å². The van der Waals surface area contributed by atoms with Gasteiger partial charge in [-0.05, 0) is 61.4 Å². The first kappa shape index (κ1) is 21.2. The van der Waals surface area contributed by atoms with E-state index in [0.717, 1.165) is 11.6 Å². The van der Waals surface area contributed by atoms with Crippen molar-refractivity contribution in [2.75, 3.05) is 4.90 Å². The number of aryl methyl sites for hydroxylation is 2. The van der Waals surface area contributed by atoms with Crippen molar-refractivity contribution in [1.29, 1.82) is 0 Å². The molecule has 152 valence electrons. The molecule has 0 bridgehead atoms. The van der Waals surface area contributed by atoms with Crippen LogP contribution in [0.15, 0.2) is 66.9 Å². The van der Waals surface area contributed by atoms with Gasteiger partial charge in [-0.1, -0.05) is 82.3 Å². The molecule has 0 spiro atoms. The largest absolute Gasteiger partial charge is 0.313 e. The number of hydrogen-bond acceptors (Lipinski definition) is 1. The summed E-state index contributed by atoms with van der Waals surface area (Å²) in [6.45, 7) is 15.2. The molecule has 4 rings (SSSR count). The fourth-order valence-corrected chi connectivity index (χ4v) is 4.43. The van der Waals surface area contributed by atoms with Gasteiger partial charge in [-0.3, -0.25) is 0 Å². The molecule has 2 aliphatic rings. The van der Waals surface area contributed by atoms with Gasteiger partial charge in [0.05, 0.1) is 0 Å². The molecule has 2 unspecified atom stereocenters. The fraction of sp³-hybridized carbons (Fsp3) is 0.357. The Bertz CT molecular complexity index is 931. The van der Waals surface area contributed by atoms with Gasteiger partial charge in [-0.15, -0.1) is 0 Å². The molecule has 1 heterocycles. The Kier molecular flexibility index (Phi) is 6.79. The summed E-state index contributed by atoms with van der Waals surface area (Å²) in [5.74, 6) is 1.21. The molecule has 0 saturated heterocycles. The summed E-state index contributed by atoms with van der Waals surface area (Å²) in [5, 5.41) is 0. The third kappa shape index (κ3) is 4.24. The predicted octanol–water partition coefficient (Wildman–Crippen LogP) is 8.15. The van der Waals surface area contributed by atoms with Gasteiger partial charge in [0.2, 0.25) is 0 Å². The van der Waals surface area contributed by atoms with E-state index in [9.17, 15) is 0 Å². The number of anilines is 1. The van der Waals surface area contributed by atoms with Crippen molar-refractivity contribution in [3.63, 3.8) is 0 Å². The SMILES string of the molecule is C=C1c2ccccc2C=C(C2C=CCC(CC)C2)N1c1cc(C)ccc1C.CC. The Labute approximate surface area is 177 Å². The lowest BCUT2D eigenvalue weighted by molar-refractivity contribution is 0.414. The predicted molar refractivity (Wildman–Crippen MR) is 129 cm³/mol. The van der Waals surface area contributed by atoms with Crippen LogP contribution in [0.3, 0.4) is 0 Å². The molecule has 2 aromatic rings. The summed E-state index contributed by atoms with van der Waals surface area (Å²) in [4.78, 5) is 2.41. The smallest absolute Gasteiger partial charge is 0.0490 e. The first-order valence-electron chi connectivity index (χ1n) is 11.1. The van der Waals surface area contributed by atoms with Crippen molar-refractivity contribution in [3.05, 3.63) is 89.1 Å². The summed E-state index contributed by atoms with van der Waals surface area (Å²) in [6, 6.07) is 15.3. The number of benzene rings is 2. The molecule has 29 heavy (non-hydrogen) atoms. The highest BCUT2D eigenvalue weighted by molar-refractivity contribution is 5.92. The molecule has 2 aromatic carbocycles. The monoisotopic (exact) mass is 385 g/mol. The summed E-state index contributed by atoms with van der Waals surface area (Å²) in [6.07, 6.45) is 10.9. The Morgan fingerprint density at radius 2 is 1.83 bits per heavy atom. The molecule has 1 aliphatic heterocycles. The Hall–Kier alpha value is -2.54. The van der Waals surface area contributed by atoms with Crippen LogP contribution >= 0.6 is 0 Å². The lowest BCUT2D eigenvalue weighted by Gasteiger charge is -2.39. The average Bonchev–Trinajstić information content (AvgIpc) is 2.77. The second-order valence-electron chi connectivity index (χ2n) is 8.01. The van der Waals surface area contributed by atoms with Crippen LogP contribution in [0, 0.1) is 25.7 Å². The first-order valence-corrected chi connectivity index (χ1v) is 11.1. The molecular formula is C28H35N. The minimum absolute atomic E-state index is 0.439. The third-order valence-electron chi connectivity index (χ3n) is 6.09. The van der Waals surface area contributed by atoms with Gasteiger partial charge < -0.3 is 4.90 Å². The van der Waals surface area contributed by atoms with E-state index in [0.29, 0.717) is 5.92 Å². The third-order valence-corrected chi connectivity index (χ3v) is 6.09. The maximum Gasteiger partial charge on any atom is 0.0490 e. The molecule has 1 nitrogen and oxygen atoms in total. The summed E-state index contributed by atoms with van der Waals surface area (Å²) in [5.41, 5.74) is 8.80. The van der Waals surface area contributed by atoms with Gasteiger partial charge >= 0.3 is 0 Å². The van der Waals surface area contributed by atoms with Crippen molar-refractivity contribution < 1.29 is 0 Å². The highest BCUT2D eigenvalue weighted by Gasteiger charge is 2.30. The van der Waals surface area contributed by atoms with Crippen molar-refractivity contribution in [2.24, 2.45) is 11.8 Å². The summed E-state index contributed by atoms with van der Waals surface area (Å²) in [7, 11) is 0. The quantitative estimate of drug-likeness (QED) is 0.482. The Morgan fingerprint density at radius 1 is 1.07 bits per heavy atom. The van der Waals surface area contributed by atoms with Crippen LogP contribution in [-0.4, -0.2) is 0 Å². The average molecular weight is 386 g/mol. The van der Waals surface area contributed by atoms with E-state index in [-0.39, 0.29) is 0 Å². The van der Waals surface area contributed by atoms with Crippen LogP contribution in [0.4, 0.5) is 5.69 Å². The molecule has 0 saturated carbocycles. The molecule has 1 aliphatic carbocycles. The topological polar surface area (TPSA) is 3.24 Å². The lowest BCUT2D eigenvalue weighted by atomic mass is 9.81. The number of allylic oxidation sites excluding steroid dienone is 2. The number of hydrogen-bond donors (Lipinski definition) is 0. The van der Waals surface area contributed by atoms with E-state index in [2.05, 4.69) is 92.9 Å². The maximum absolute atomic E-state index is 4.53. The second kappa shape index (κ2) is 9.31. The highest BCUT2D eigenvalue weighted by Crippen LogP contribution is 2.43. The summed E-state index contributed by atoms with van der Waals surface area (Å²) >= 11 is 0. The minimum atomic E-state index is 0.439. The van der Waals surface area contributed by atoms with E-state index >= 15 is 0 Å². The van der Waals surface area contributed by atoms with Gasteiger partial charge in [0.15, 0.2) is 0 Å². The number of rotatable bonds is 3. The van der Waals surface area contributed by atoms with Crippen LogP contribution in [0.5, 0.6) is 0 Å². The normalized spacial score (nSPS) is 20.5. The van der Waals surface area contributed by atoms with Crippen LogP contribution < -0.4 is 4.90 Å². The maximum atomic E-state index is 4.53. The van der Waals surface area contributed by atoms with Crippen molar-refractivity contribution in [3.8, 4) is 0 Å². The number of fused-ring (bicyclic) bond motifs is 1. The number of nitrogens with zero attached hydrogens (tertiary/aromatic N) is 1. The van der Waals surface area contributed by atoms with Crippen molar-refractivity contribution in [1.82, 2.24) is 0 Å². The molecule has 2 atom stereocenters.